The van der Waals surface area contributed by atoms with Crippen LogP contribution in [-0.2, 0) is 47.9 Å². The van der Waals surface area contributed by atoms with Crippen molar-refractivity contribution in [3.8, 4) is 0 Å². The summed E-state index contributed by atoms with van der Waals surface area (Å²) in [5, 5.41) is 25.4. The second-order valence-electron chi connectivity index (χ2n) is 20.1. The molecule has 384 valence electrons. The molecule has 9 N–H and O–H groups in total. The van der Waals surface area contributed by atoms with E-state index in [9.17, 15) is 53.1 Å². The lowest BCUT2D eigenvalue weighted by molar-refractivity contribution is -0.145. The Labute approximate surface area is 401 Å². The maximum atomic E-state index is 14.3. The summed E-state index contributed by atoms with van der Waals surface area (Å²) in [6.07, 6.45) is 3.91. The third kappa shape index (κ3) is 16.1. The minimum atomic E-state index is -1.19. The summed E-state index contributed by atoms with van der Waals surface area (Å²) in [4.78, 5) is 137. The number of carbonyl (C=O) groups is 10. The number of hydrogen-bond acceptors (Lipinski definition) is 11. The maximum Gasteiger partial charge on any atom is 0.326 e. The number of aliphatic carboxylic acids is 1. The normalized spacial score (nSPS) is 21.3. The Kier molecular flexibility index (Phi) is 22.1. The predicted octanol–water partition coefficient (Wildman–Crippen LogP) is 0.136. The third-order valence-electron chi connectivity index (χ3n) is 12.9. The van der Waals surface area contributed by atoms with Crippen molar-refractivity contribution in [2.45, 2.75) is 188 Å². The molecule has 9 amide bonds. The molecule has 3 fully saturated rings. The Morgan fingerprint density at radius 2 is 0.971 bits per heavy atom. The first kappa shape index (κ1) is 57.0. The monoisotopic (exact) mass is 961 g/mol. The molecule has 3 rings (SSSR count). The average Bonchev–Trinajstić information content (AvgIpc) is 4.07. The summed E-state index contributed by atoms with van der Waals surface area (Å²) in [5.74, 6) is -6.23. The fourth-order valence-corrected chi connectivity index (χ4v) is 9.08. The largest absolute Gasteiger partial charge is 0.480 e. The van der Waals surface area contributed by atoms with Gasteiger partial charge in [0, 0.05) is 19.6 Å². The number of nitrogens with two attached hydrogens (primary N) is 1. The van der Waals surface area contributed by atoms with Gasteiger partial charge in [-0.05, 0) is 95.3 Å². The first-order chi connectivity index (χ1) is 31.9. The van der Waals surface area contributed by atoms with Gasteiger partial charge in [0.25, 0.3) is 0 Å². The van der Waals surface area contributed by atoms with Gasteiger partial charge in [-0.1, -0.05) is 61.8 Å². The van der Waals surface area contributed by atoms with E-state index in [4.69, 9.17) is 5.73 Å². The van der Waals surface area contributed by atoms with Crippen LogP contribution in [0, 0.1) is 23.7 Å². The molecule has 0 saturated carbocycles. The highest BCUT2D eigenvalue weighted by Crippen LogP contribution is 2.24. The number of carbonyl (C=O) groups excluding carboxylic acids is 9. The predicted molar refractivity (Wildman–Crippen MR) is 252 cm³/mol. The quantitative estimate of drug-likeness (QED) is 0.0641. The molecule has 0 unspecified atom stereocenters. The van der Waals surface area contributed by atoms with E-state index in [1.54, 1.807) is 0 Å². The van der Waals surface area contributed by atoms with Crippen molar-refractivity contribution in [2.24, 2.45) is 29.4 Å². The van der Waals surface area contributed by atoms with Crippen LogP contribution < -0.4 is 37.6 Å². The van der Waals surface area contributed by atoms with Gasteiger partial charge in [-0.15, -0.1) is 0 Å². The van der Waals surface area contributed by atoms with Crippen LogP contribution in [0.4, 0.5) is 0 Å². The topological polar surface area (TPSA) is 299 Å². The Morgan fingerprint density at radius 3 is 1.40 bits per heavy atom. The minimum absolute atomic E-state index is 0.00501. The number of likely N-dealkylation sites (tertiary alicyclic amines) is 3. The van der Waals surface area contributed by atoms with Gasteiger partial charge in [0.15, 0.2) is 0 Å². The summed E-state index contributed by atoms with van der Waals surface area (Å²) in [6.45, 7) is 18.3. The van der Waals surface area contributed by atoms with Crippen LogP contribution in [0.15, 0.2) is 0 Å². The van der Waals surface area contributed by atoms with Crippen molar-refractivity contribution in [2.75, 3.05) is 26.2 Å². The maximum absolute atomic E-state index is 14.3. The van der Waals surface area contributed by atoms with Gasteiger partial charge in [0.1, 0.15) is 48.3 Å². The summed E-state index contributed by atoms with van der Waals surface area (Å²) in [7, 11) is 0. The van der Waals surface area contributed by atoms with Crippen molar-refractivity contribution < 1.29 is 53.1 Å². The van der Waals surface area contributed by atoms with Crippen molar-refractivity contribution in [1.29, 1.82) is 0 Å². The van der Waals surface area contributed by atoms with Crippen LogP contribution in [0.5, 0.6) is 0 Å². The molecule has 3 aliphatic rings. The number of carboxylic acid groups (broad SMARTS) is 1. The zero-order valence-corrected chi connectivity index (χ0v) is 41.9. The highest BCUT2D eigenvalue weighted by Gasteiger charge is 2.43. The van der Waals surface area contributed by atoms with Crippen molar-refractivity contribution >= 4 is 59.1 Å². The number of amides is 9. The Balaban J connectivity index is 1.62. The number of nitrogens with zero attached hydrogens (tertiary/aromatic N) is 3. The average molecular weight is 961 g/mol. The zero-order chi connectivity index (χ0) is 51.2. The van der Waals surface area contributed by atoms with E-state index in [0.717, 1.165) is 0 Å². The summed E-state index contributed by atoms with van der Waals surface area (Å²) in [6, 6.07) is -8.82. The standard InChI is InChI=1S/C47H80N10O11/c1-11-28(8)38(54-40(60)32(22-26(4)5)53-39(59)31(48)21-25(2)3)46(66)57-20-14-17-36(57)43(63)51-30(10)45(65)56-19-13-16-35(56)42(62)50-29(9)44(64)55-18-12-15-34(55)41(61)49-24-37(58)52-33(47(67)68)23-27(6)7/h25-36,38H,11-24,48H2,1-10H3,(H,49,61)(H,50,62)(H,51,63)(H,52,58)(H,53,59)(H,54,60)(H,67,68)/t28-,29-,30-,31-,32-,33-,34-,35-,36-,38-/m0/s1. The van der Waals surface area contributed by atoms with Crippen LogP contribution in [0.25, 0.3) is 0 Å². The van der Waals surface area contributed by atoms with Gasteiger partial charge in [0.2, 0.25) is 53.2 Å². The van der Waals surface area contributed by atoms with Crippen LogP contribution in [0.2, 0.25) is 0 Å². The molecule has 3 heterocycles. The number of carboxylic acids is 1. The molecule has 0 aromatic rings. The zero-order valence-electron chi connectivity index (χ0n) is 41.9. The lowest BCUT2D eigenvalue weighted by Gasteiger charge is -2.33. The fraction of sp³-hybridized carbons (Fsp3) is 0.787. The summed E-state index contributed by atoms with van der Waals surface area (Å²) in [5.41, 5.74) is 6.12. The molecular weight excluding hydrogens is 881 g/mol. The molecule has 0 aromatic heterocycles. The number of hydrogen-bond donors (Lipinski definition) is 8. The SMILES string of the molecule is CC[C@H](C)[C@H](NC(=O)[C@H](CC(C)C)NC(=O)[C@@H](N)CC(C)C)C(=O)N1CCC[C@H]1C(=O)N[C@@H](C)C(=O)N1CCC[C@H]1C(=O)N[C@@H](C)C(=O)N1CCC[C@H]1C(=O)NCC(=O)N[C@@H](CC(C)C)C(=O)O. The van der Waals surface area contributed by atoms with E-state index in [1.807, 2.05) is 55.4 Å². The van der Waals surface area contributed by atoms with Crippen molar-refractivity contribution in [3.63, 3.8) is 0 Å². The van der Waals surface area contributed by atoms with Crippen LogP contribution >= 0.6 is 0 Å². The lowest BCUT2D eigenvalue weighted by atomic mass is 9.95. The number of nitrogens with one attached hydrogen (secondary N) is 6. The van der Waals surface area contributed by atoms with Crippen LogP contribution in [0.1, 0.15) is 133 Å². The molecule has 0 aromatic carbocycles. The molecule has 3 saturated heterocycles. The van der Waals surface area contributed by atoms with E-state index in [0.29, 0.717) is 57.8 Å². The van der Waals surface area contributed by atoms with Gasteiger partial charge in [-0.3, -0.25) is 43.2 Å². The van der Waals surface area contributed by atoms with E-state index >= 15 is 0 Å². The Hall–Kier alpha value is -5.34. The molecule has 3 aliphatic heterocycles. The van der Waals surface area contributed by atoms with Gasteiger partial charge in [-0.25, -0.2) is 4.79 Å². The number of rotatable bonds is 24. The highest BCUT2D eigenvalue weighted by atomic mass is 16.4. The third-order valence-corrected chi connectivity index (χ3v) is 12.9. The second-order valence-corrected chi connectivity index (χ2v) is 20.1. The first-order valence-electron chi connectivity index (χ1n) is 24.6. The van der Waals surface area contributed by atoms with E-state index in [1.165, 1.54) is 28.5 Å². The Bertz CT molecular complexity index is 1830. The molecule has 68 heavy (non-hydrogen) atoms. The second kappa shape index (κ2) is 26.4. The molecule has 0 spiro atoms. The minimum Gasteiger partial charge on any atom is -0.480 e. The van der Waals surface area contributed by atoms with Crippen molar-refractivity contribution in [1.82, 2.24) is 46.6 Å². The van der Waals surface area contributed by atoms with E-state index in [-0.39, 0.29) is 49.7 Å². The van der Waals surface area contributed by atoms with E-state index in [2.05, 4.69) is 31.9 Å². The lowest BCUT2D eigenvalue weighted by Crippen LogP contribution is -2.60. The smallest absolute Gasteiger partial charge is 0.326 e. The molecule has 0 aliphatic carbocycles. The molecule has 10 atom stereocenters. The van der Waals surface area contributed by atoms with E-state index < -0.39 is 120 Å². The highest BCUT2D eigenvalue weighted by molar-refractivity contribution is 5.98. The van der Waals surface area contributed by atoms with Gasteiger partial charge < -0.3 is 57.4 Å². The van der Waals surface area contributed by atoms with Gasteiger partial charge in [0.05, 0.1) is 12.6 Å². The van der Waals surface area contributed by atoms with Crippen molar-refractivity contribution in [3.05, 3.63) is 0 Å². The van der Waals surface area contributed by atoms with Crippen LogP contribution in [-0.4, -0.2) is 159 Å². The van der Waals surface area contributed by atoms with Gasteiger partial charge >= 0.3 is 5.97 Å². The fourth-order valence-electron chi connectivity index (χ4n) is 9.08. The summed E-state index contributed by atoms with van der Waals surface area (Å²) >= 11 is 0. The summed E-state index contributed by atoms with van der Waals surface area (Å²) < 4.78 is 0. The van der Waals surface area contributed by atoms with Crippen LogP contribution in [0.3, 0.4) is 0 Å². The molecule has 21 nitrogen and oxygen atoms in total. The Morgan fingerprint density at radius 1 is 0.544 bits per heavy atom. The molecule has 0 radical (unpaired) electrons. The molecule has 21 heteroatoms. The molecule has 0 bridgehead atoms. The van der Waals surface area contributed by atoms with Gasteiger partial charge in [-0.2, -0.15) is 0 Å². The molecular formula is C47H80N10O11. The first-order valence-corrected chi connectivity index (χ1v) is 24.6.